The molecule has 1 aromatic carbocycles. The molecule has 3 rings (SSSR count). The lowest BCUT2D eigenvalue weighted by Crippen LogP contribution is -1.97. The highest BCUT2D eigenvalue weighted by Gasteiger charge is 2.09. The molecule has 0 radical (unpaired) electrons. The third kappa shape index (κ3) is 2.30. The summed E-state index contributed by atoms with van der Waals surface area (Å²) >= 11 is 11.3. The van der Waals surface area contributed by atoms with Gasteiger partial charge in [-0.3, -0.25) is 4.57 Å². The average molecular weight is 306 g/mol. The Kier molecular flexibility index (Phi) is 3.46. The normalized spacial score (nSPS) is 10.9. The van der Waals surface area contributed by atoms with Crippen LogP contribution in [0.3, 0.4) is 0 Å². The minimum atomic E-state index is 0.573. The zero-order chi connectivity index (χ0) is 14.1. The van der Waals surface area contributed by atoms with Crippen molar-refractivity contribution in [3.63, 3.8) is 0 Å². The number of H-pyrrole nitrogens is 1. The van der Waals surface area contributed by atoms with Crippen LogP contribution in [-0.4, -0.2) is 21.1 Å². The zero-order valence-electron chi connectivity index (χ0n) is 10.8. The van der Waals surface area contributed by atoms with E-state index in [2.05, 4.69) is 9.97 Å². The molecule has 102 valence electrons. The lowest BCUT2D eigenvalue weighted by Gasteiger charge is -2.07. The molecule has 0 aliphatic carbocycles. The Balaban J connectivity index is 2.21. The number of hydrogen-bond donors (Lipinski definition) is 1. The molecule has 4 nitrogen and oxygen atoms in total. The number of aromatic nitrogens is 3. The molecular weight excluding hydrogens is 294 g/mol. The van der Waals surface area contributed by atoms with Gasteiger partial charge in [0.2, 0.25) is 0 Å². The molecule has 2 aromatic heterocycles. The molecule has 0 aliphatic heterocycles. The number of aromatic amines is 1. The second-order valence-electron chi connectivity index (χ2n) is 4.22. The van der Waals surface area contributed by atoms with Crippen LogP contribution in [-0.2, 0) is 0 Å². The van der Waals surface area contributed by atoms with Crippen LogP contribution in [0, 0.1) is 4.77 Å². The van der Waals surface area contributed by atoms with Crippen molar-refractivity contribution < 1.29 is 4.74 Å². The van der Waals surface area contributed by atoms with Crippen LogP contribution in [0.4, 0.5) is 0 Å². The van der Waals surface area contributed by atoms with Crippen molar-refractivity contribution in [3.8, 4) is 11.4 Å². The monoisotopic (exact) mass is 305 g/mol. The van der Waals surface area contributed by atoms with E-state index in [1.165, 1.54) is 0 Å². The van der Waals surface area contributed by atoms with Gasteiger partial charge in [0.15, 0.2) is 10.4 Å². The van der Waals surface area contributed by atoms with Crippen LogP contribution in [0.15, 0.2) is 36.5 Å². The van der Waals surface area contributed by atoms with Crippen molar-refractivity contribution in [1.29, 1.82) is 0 Å². The van der Waals surface area contributed by atoms with Gasteiger partial charge in [-0.25, -0.2) is 4.98 Å². The first-order chi connectivity index (χ1) is 9.69. The smallest absolute Gasteiger partial charge is 0.184 e. The first kappa shape index (κ1) is 13.1. The molecule has 2 heterocycles. The number of nitrogens with zero attached hydrogens (tertiary/aromatic N) is 2. The number of rotatable bonds is 3. The Morgan fingerprint density at radius 3 is 3.05 bits per heavy atom. The average Bonchev–Trinajstić information content (AvgIpc) is 2.74. The predicted octanol–water partition coefficient (Wildman–Crippen LogP) is 4.14. The van der Waals surface area contributed by atoms with E-state index in [0.29, 0.717) is 16.4 Å². The first-order valence-corrected chi connectivity index (χ1v) is 6.97. The molecule has 0 spiro atoms. The summed E-state index contributed by atoms with van der Waals surface area (Å²) in [5.74, 6) is 0.801. The van der Waals surface area contributed by atoms with E-state index >= 15 is 0 Å². The predicted molar refractivity (Wildman–Crippen MR) is 82.4 cm³/mol. The van der Waals surface area contributed by atoms with Crippen LogP contribution >= 0.6 is 23.8 Å². The van der Waals surface area contributed by atoms with E-state index in [1.807, 2.05) is 41.8 Å². The topological polar surface area (TPSA) is 42.8 Å². The van der Waals surface area contributed by atoms with E-state index in [4.69, 9.17) is 28.6 Å². The molecule has 20 heavy (non-hydrogen) atoms. The highest BCUT2D eigenvalue weighted by atomic mass is 35.5. The van der Waals surface area contributed by atoms with E-state index < -0.39 is 0 Å². The van der Waals surface area contributed by atoms with Crippen molar-refractivity contribution >= 4 is 35.0 Å². The molecule has 1 N–H and O–H groups in total. The maximum absolute atomic E-state index is 5.95. The number of nitrogens with one attached hydrogen (secondary N) is 1. The van der Waals surface area contributed by atoms with Gasteiger partial charge in [0.05, 0.1) is 22.8 Å². The number of pyridine rings is 1. The number of hydrogen-bond acceptors (Lipinski definition) is 3. The van der Waals surface area contributed by atoms with Gasteiger partial charge in [0.25, 0.3) is 0 Å². The summed E-state index contributed by atoms with van der Waals surface area (Å²) in [5.41, 5.74) is 2.46. The Morgan fingerprint density at radius 2 is 2.25 bits per heavy atom. The maximum atomic E-state index is 5.95. The molecule has 0 fully saturated rings. The van der Waals surface area contributed by atoms with Crippen LogP contribution < -0.4 is 4.74 Å². The first-order valence-electron chi connectivity index (χ1n) is 6.18. The van der Waals surface area contributed by atoms with Gasteiger partial charge in [-0.15, -0.1) is 0 Å². The summed E-state index contributed by atoms with van der Waals surface area (Å²) in [7, 11) is 0. The SMILES string of the molecule is CCOc1cccc(-n2c(=S)[nH]c3cc(Cl)cnc32)c1. The summed E-state index contributed by atoms with van der Waals surface area (Å²) in [6, 6.07) is 9.54. The summed E-state index contributed by atoms with van der Waals surface area (Å²) in [5, 5.41) is 0.573. The van der Waals surface area contributed by atoms with Gasteiger partial charge in [0.1, 0.15) is 5.75 Å². The Morgan fingerprint density at radius 1 is 1.40 bits per heavy atom. The minimum Gasteiger partial charge on any atom is -0.494 e. The van der Waals surface area contributed by atoms with E-state index in [9.17, 15) is 0 Å². The van der Waals surface area contributed by atoms with Crippen LogP contribution in [0.1, 0.15) is 6.92 Å². The Hall–Kier alpha value is -1.85. The van der Waals surface area contributed by atoms with E-state index in [1.54, 1.807) is 6.20 Å². The molecule has 0 amide bonds. The summed E-state index contributed by atoms with van der Waals surface area (Å²) in [6.45, 7) is 2.57. The fourth-order valence-electron chi connectivity index (χ4n) is 2.09. The lowest BCUT2D eigenvalue weighted by atomic mass is 10.3. The highest BCUT2D eigenvalue weighted by molar-refractivity contribution is 7.71. The van der Waals surface area contributed by atoms with Crippen molar-refractivity contribution in [3.05, 3.63) is 46.3 Å². The lowest BCUT2D eigenvalue weighted by molar-refractivity contribution is 0.340. The molecule has 0 atom stereocenters. The summed E-state index contributed by atoms with van der Waals surface area (Å²) in [6.07, 6.45) is 1.61. The quantitative estimate of drug-likeness (QED) is 0.740. The third-order valence-electron chi connectivity index (χ3n) is 2.88. The van der Waals surface area contributed by atoms with Crippen LogP contribution in [0.5, 0.6) is 5.75 Å². The van der Waals surface area contributed by atoms with E-state index in [-0.39, 0.29) is 0 Å². The van der Waals surface area contributed by atoms with Crippen LogP contribution in [0.2, 0.25) is 5.02 Å². The number of halogens is 1. The van der Waals surface area contributed by atoms with Gasteiger partial charge in [0, 0.05) is 12.3 Å². The molecule has 0 saturated heterocycles. The molecule has 3 aromatic rings. The molecule has 0 aliphatic rings. The van der Waals surface area contributed by atoms with Crippen molar-refractivity contribution in [2.75, 3.05) is 6.61 Å². The standard InChI is InChI=1S/C14H12ClN3OS/c1-2-19-11-5-3-4-10(7-11)18-13-12(17-14(18)20)6-9(15)8-16-13/h3-8H,2H2,1H3,(H,17,20). The van der Waals surface area contributed by atoms with Gasteiger partial charge >= 0.3 is 0 Å². The Labute approximate surface area is 126 Å². The number of fused-ring (bicyclic) bond motifs is 1. The molecular formula is C14H12ClN3OS. The number of imidazole rings is 1. The minimum absolute atomic E-state index is 0.573. The second-order valence-corrected chi connectivity index (χ2v) is 5.04. The number of benzene rings is 1. The fourth-order valence-corrected chi connectivity index (χ4v) is 2.55. The maximum Gasteiger partial charge on any atom is 0.184 e. The fraction of sp³-hybridized carbons (Fsp3) is 0.143. The van der Waals surface area contributed by atoms with Crippen LogP contribution in [0.25, 0.3) is 16.9 Å². The summed E-state index contributed by atoms with van der Waals surface area (Å²) < 4.78 is 7.95. The van der Waals surface area contributed by atoms with Crippen molar-refractivity contribution in [2.24, 2.45) is 0 Å². The third-order valence-corrected chi connectivity index (χ3v) is 3.37. The Bertz CT molecular complexity index is 825. The van der Waals surface area contributed by atoms with Gasteiger partial charge in [-0.1, -0.05) is 17.7 Å². The zero-order valence-corrected chi connectivity index (χ0v) is 12.3. The molecule has 0 bridgehead atoms. The molecule has 0 unspecified atom stereocenters. The van der Waals surface area contributed by atoms with Gasteiger partial charge in [-0.2, -0.15) is 0 Å². The van der Waals surface area contributed by atoms with Crippen molar-refractivity contribution in [2.45, 2.75) is 6.92 Å². The van der Waals surface area contributed by atoms with E-state index in [0.717, 1.165) is 22.6 Å². The van der Waals surface area contributed by atoms with Crippen molar-refractivity contribution in [1.82, 2.24) is 14.5 Å². The largest absolute Gasteiger partial charge is 0.494 e. The van der Waals surface area contributed by atoms with Gasteiger partial charge < -0.3 is 9.72 Å². The number of ether oxygens (including phenoxy) is 1. The summed E-state index contributed by atoms with van der Waals surface area (Å²) in [4.78, 5) is 7.45. The molecule has 0 saturated carbocycles. The molecule has 6 heteroatoms. The highest BCUT2D eigenvalue weighted by Crippen LogP contribution is 2.23. The van der Waals surface area contributed by atoms with Gasteiger partial charge in [-0.05, 0) is 37.3 Å². The second kappa shape index (κ2) is 5.26.